The van der Waals surface area contributed by atoms with Crippen LogP contribution < -0.4 is 24.2 Å². The molecule has 0 fully saturated rings. The average molecular weight is 565 g/mol. The number of hydrogen-bond donors (Lipinski definition) is 0. The molecule has 40 heavy (non-hydrogen) atoms. The van der Waals surface area contributed by atoms with E-state index < -0.39 is 0 Å². The molecular formula is C33H30N3O2S2+. The van der Waals surface area contributed by atoms with Crippen LogP contribution in [0, 0.1) is 0 Å². The number of para-hydroxylation sites is 1. The van der Waals surface area contributed by atoms with E-state index in [1.54, 1.807) is 28.2 Å². The monoisotopic (exact) mass is 564 g/mol. The summed E-state index contributed by atoms with van der Waals surface area (Å²) >= 11 is 3.09. The van der Waals surface area contributed by atoms with Crippen molar-refractivity contribution in [3.8, 4) is 21.7 Å². The Hall–Kier alpha value is -4.33. The van der Waals surface area contributed by atoms with Crippen LogP contribution in [-0.4, -0.2) is 10.5 Å². The number of anilines is 1. The van der Waals surface area contributed by atoms with Gasteiger partial charge in [0.15, 0.2) is 0 Å². The molecule has 5 aromatic rings. The molecule has 2 aromatic heterocycles. The molecule has 0 aliphatic rings. The molecule has 1 amide bonds. The molecule has 0 N–H and O–H groups in total. The molecule has 200 valence electrons. The quantitative estimate of drug-likeness (QED) is 0.187. The highest BCUT2D eigenvalue weighted by Gasteiger charge is 2.27. The summed E-state index contributed by atoms with van der Waals surface area (Å²) in [6, 6.07) is 30.2. The minimum Gasteiger partial charge on any atom is -0.295 e. The third-order valence-electron chi connectivity index (χ3n) is 6.47. The molecule has 0 unspecified atom stereocenters. The van der Waals surface area contributed by atoms with Crippen molar-refractivity contribution in [3.63, 3.8) is 0 Å². The predicted molar refractivity (Wildman–Crippen MR) is 167 cm³/mol. The number of allylic oxidation sites excluding steroid dienone is 1. The third-order valence-corrected chi connectivity index (χ3v) is 8.70. The van der Waals surface area contributed by atoms with Gasteiger partial charge in [0.1, 0.15) is 20.6 Å². The normalized spacial score (nSPS) is 12.1. The Morgan fingerprint density at radius 2 is 1.52 bits per heavy atom. The van der Waals surface area contributed by atoms with E-state index >= 15 is 0 Å². The molecule has 0 radical (unpaired) electrons. The van der Waals surface area contributed by atoms with Crippen LogP contribution in [-0.2, 0) is 17.9 Å². The molecule has 0 saturated heterocycles. The van der Waals surface area contributed by atoms with Crippen molar-refractivity contribution in [1.29, 1.82) is 0 Å². The largest absolute Gasteiger partial charge is 0.295 e. The van der Waals surface area contributed by atoms with Crippen molar-refractivity contribution in [2.75, 3.05) is 4.90 Å². The fraction of sp³-hybridized carbons (Fsp3) is 0.121. The lowest BCUT2D eigenvalue weighted by atomic mass is 10.1. The highest BCUT2D eigenvalue weighted by molar-refractivity contribution is 7.16. The highest BCUT2D eigenvalue weighted by atomic mass is 32.1. The van der Waals surface area contributed by atoms with Crippen LogP contribution in [0.4, 0.5) is 5.69 Å². The first-order valence-electron chi connectivity index (χ1n) is 13.1. The van der Waals surface area contributed by atoms with Crippen LogP contribution in [0.3, 0.4) is 0 Å². The number of rotatable bonds is 8. The Balaban J connectivity index is 1.75. The molecule has 0 atom stereocenters. The first-order chi connectivity index (χ1) is 19.5. The SMILES string of the molecule is C=CCn1c(=Cc2sc(-c3ccccc3)c(-c3ccccc3)[n+]2CC)sc(=CN(C(C)=O)c2ccccc2)c1=O. The summed E-state index contributed by atoms with van der Waals surface area (Å²) in [7, 11) is 0. The highest BCUT2D eigenvalue weighted by Crippen LogP contribution is 2.36. The van der Waals surface area contributed by atoms with Gasteiger partial charge in [-0.25, -0.2) is 0 Å². The minimum atomic E-state index is -0.165. The van der Waals surface area contributed by atoms with E-state index in [2.05, 4.69) is 72.7 Å². The van der Waals surface area contributed by atoms with Crippen LogP contribution in [0.2, 0.25) is 0 Å². The van der Waals surface area contributed by atoms with Crippen molar-refractivity contribution < 1.29 is 9.36 Å². The smallest absolute Gasteiger partial charge is 0.270 e. The maximum atomic E-state index is 13.6. The number of aromatic nitrogens is 2. The van der Waals surface area contributed by atoms with Crippen molar-refractivity contribution in [3.05, 3.63) is 128 Å². The van der Waals surface area contributed by atoms with Crippen molar-refractivity contribution in [2.45, 2.75) is 26.9 Å². The van der Waals surface area contributed by atoms with Crippen molar-refractivity contribution >= 4 is 46.5 Å². The standard InChI is InChI=1S/C33H30N3O2S2/c1-4-21-35-30(39-28(33(35)38)23-36(24(3)37)27-19-13-8-14-20-27)22-29-34(5-2)31(25-15-9-6-10-16-25)32(40-29)26-17-11-7-12-18-26/h4,6-20,22-23H,1,5,21H2,2-3H3/q+1. The number of carbonyl (C=O) groups is 1. The van der Waals surface area contributed by atoms with E-state index in [9.17, 15) is 9.59 Å². The van der Waals surface area contributed by atoms with Gasteiger partial charge >= 0.3 is 0 Å². The van der Waals surface area contributed by atoms with E-state index in [0.717, 1.165) is 33.0 Å². The maximum Gasteiger partial charge on any atom is 0.270 e. The fourth-order valence-corrected chi connectivity index (χ4v) is 7.01. The Bertz CT molecular complexity index is 1820. The number of nitrogens with zero attached hydrogens (tertiary/aromatic N) is 3. The van der Waals surface area contributed by atoms with E-state index in [0.29, 0.717) is 16.8 Å². The van der Waals surface area contributed by atoms with E-state index in [1.807, 2.05) is 42.5 Å². The molecule has 7 heteroatoms. The van der Waals surface area contributed by atoms with Crippen LogP contribution in [0.1, 0.15) is 18.9 Å². The molecule has 3 aromatic carbocycles. The number of thiazole rings is 2. The first kappa shape index (κ1) is 27.2. The lowest BCUT2D eigenvalue weighted by Crippen LogP contribution is -2.37. The van der Waals surface area contributed by atoms with E-state index in [1.165, 1.54) is 28.0 Å². The van der Waals surface area contributed by atoms with Gasteiger partial charge in [0.05, 0.1) is 6.08 Å². The number of benzene rings is 3. The zero-order valence-corrected chi connectivity index (χ0v) is 24.1. The summed E-state index contributed by atoms with van der Waals surface area (Å²) in [5.41, 5.74) is 4.01. The van der Waals surface area contributed by atoms with Gasteiger partial charge in [-0.1, -0.05) is 84.1 Å². The van der Waals surface area contributed by atoms with Gasteiger partial charge in [0.25, 0.3) is 10.6 Å². The van der Waals surface area contributed by atoms with Crippen LogP contribution in [0.5, 0.6) is 0 Å². The van der Waals surface area contributed by atoms with Gasteiger partial charge in [0.2, 0.25) is 11.6 Å². The summed E-state index contributed by atoms with van der Waals surface area (Å²) in [4.78, 5) is 28.8. The first-order valence-corrected chi connectivity index (χ1v) is 14.7. The molecule has 0 bridgehead atoms. The lowest BCUT2D eigenvalue weighted by Gasteiger charge is -2.15. The Labute approximate surface area is 241 Å². The molecule has 0 aliphatic heterocycles. The molecule has 0 saturated carbocycles. The van der Waals surface area contributed by atoms with Crippen LogP contribution >= 0.6 is 22.7 Å². The van der Waals surface area contributed by atoms with Gasteiger partial charge in [-0.2, -0.15) is 4.57 Å². The summed E-state index contributed by atoms with van der Waals surface area (Å²) in [5.74, 6) is -0.165. The Morgan fingerprint density at radius 1 is 0.925 bits per heavy atom. The Morgan fingerprint density at radius 3 is 2.10 bits per heavy atom. The zero-order valence-electron chi connectivity index (χ0n) is 22.5. The van der Waals surface area contributed by atoms with Crippen LogP contribution in [0.15, 0.2) is 108 Å². The van der Waals surface area contributed by atoms with Gasteiger partial charge in [-0.3, -0.25) is 19.1 Å². The molecule has 5 rings (SSSR count). The Kier molecular flexibility index (Phi) is 8.34. The summed E-state index contributed by atoms with van der Waals surface area (Å²) in [5, 5.41) is 1.04. The van der Waals surface area contributed by atoms with E-state index in [-0.39, 0.29) is 11.5 Å². The lowest BCUT2D eigenvalue weighted by molar-refractivity contribution is -0.679. The minimum absolute atomic E-state index is 0.149. The van der Waals surface area contributed by atoms with Gasteiger partial charge in [0, 0.05) is 30.9 Å². The third kappa shape index (κ3) is 5.52. The van der Waals surface area contributed by atoms with Crippen molar-refractivity contribution in [1.82, 2.24) is 4.57 Å². The fourth-order valence-electron chi connectivity index (χ4n) is 4.62. The number of hydrogen-bond acceptors (Lipinski definition) is 4. The molecule has 0 aliphatic carbocycles. The second-order valence-electron chi connectivity index (χ2n) is 9.10. The maximum absolute atomic E-state index is 13.6. The predicted octanol–water partition coefficient (Wildman–Crippen LogP) is 5.42. The van der Waals surface area contributed by atoms with E-state index in [4.69, 9.17) is 0 Å². The summed E-state index contributed by atoms with van der Waals surface area (Å²) in [6.07, 6.45) is 5.46. The number of amides is 1. The molecule has 5 nitrogen and oxygen atoms in total. The van der Waals surface area contributed by atoms with Crippen molar-refractivity contribution in [2.24, 2.45) is 0 Å². The summed E-state index contributed by atoms with van der Waals surface area (Å²) in [6.45, 7) is 8.65. The van der Waals surface area contributed by atoms with Gasteiger partial charge in [-0.15, -0.1) is 17.9 Å². The van der Waals surface area contributed by atoms with Gasteiger partial charge < -0.3 is 0 Å². The second kappa shape index (κ2) is 12.2. The molecule has 0 spiro atoms. The second-order valence-corrected chi connectivity index (χ2v) is 11.2. The van der Waals surface area contributed by atoms with Gasteiger partial charge in [-0.05, 0) is 36.8 Å². The van der Waals surface area contributed by atoms with Crippen LogP contribution in [0.25, 0.3) is 34.0 Å². The molecule has 2 heterocycles. The summed E-state index contributed by atoms with van der Waals surface area (Å²) < 4.78 is 5.31. The average Bonchev–Trinajstić information content (AvgIpc) is 3.50. The number of carbonyl (C=O) groups excluding carboxylic acids is 1. The zero-order chi connectivity index (χ0) is 28.1. The molecular weight excluding hydrogens is 535 g/mol. The topological polar surface area (TPSA) is 46.2 Å².